The summed E-state index contributed by atoms with van der Waals surface area (Å²) < 4.78 is 5.14. The lowest BCUT2D eigenvalue weighted by atomic mass is 10.1. The molecule has 5 heteroatoms. The fourth-order valence-corrected chi connectivity index (χ4v) is 1.80. The Morgan fingerprint density at radius 3 is 2.14 bits per heavy atom. The van der Waals surface area contributed by atoms with Gasteiger partial charge in [0, 0.05) is 17.7 Å². The third-order valence-corrected chi connectivity index (χ3v) is 2.95. The minimum Gasteiger partial charge on any atom is -0.467 e. The average molecular weight is 286 g/mol. The monoisotopic (exact) mass is 286 g/mol. The predicted molar refractivity (Wildman–Crippen MR) is 78.9 cm³/mol. The summed E-state index contributed by atoms with van der Waals surface area (Å²) in [6, 6.07) is 10.1. The van der Waals surface area contributed by atoms with E-state index in [4.69, 9.17) is 4.42 Å². The average Bonchev–Trinajstić information content (AvgIpc) is 3.04. The van der Waals surface area contributed by atoms with Crippen LogP contribution in [0.15, 0.2) is 47.1 Å². The molecule has 0 aliphatic rings. The van der Waals surface area contributed by atoms with Crippen molar-refractivity contribution < 1.29 is 14.0 Å². The Labute approximate surface area is 123 Å². The van der Waals surface area contributed by atoms with Gasteiger partial charge in [0.2, 0.25) is 0 Å². The molecule has 1 aromatic carbocycles. The van der Waals surface area contributed by atoms with E-state index in [0.29, 0.717) is 30.0 Å². The highest BCUT2D eigenvalue weighted by molar-refractivity contribution is 5.97. The number of benzene rings is 1. The molecule has 0 bridgehead atoms. The fourth-order valence-electron chi connectivity index (χ4n) is 1.80. The Kier molecular flexibility index (Phi) is 5.15. The van der Waals surface area contributed by atoms with Gasteiger partial charge in [-0.05, 0) is 42.8 Å². The highest BCUT2D eigenvalue weighted by Crippen LogP contribution is 2.06. The van der Waals surface area contributed by atoms with Crippen LogP contribution < -0.4 is 10.6 Å². The Morgan fingerprint density at radius 2 is 1.62 bits per heavy atom. The molecule has 2 rings (SSSR count). The van der Waals surface area contributed by atoms with Gasteiger partial charge in [0.25, 0.3) is 11.8 Å². The third-order valence-electron chi connectivity index (χ3n) is 2.95. The van der Waals surface area contributed by atoms with Crippen LogP contribution in [-0.2, 0) is 6.54 Å². The predicted octanol–water partition coefficient (Wildman–Crippen LogP) is 2.35. The first-order chi connectivity index (χ1) is 10.2. The topological polar surface area (TPSA) is 71.3 Å². The van der Waals surface area contributed by atoms with Crippen LogP contribution >= 0.6 is 0 Å². The third kappa shape index (κ3) is 4.21. The van der Waals surface area contributed by atoms with Crippen molar-refractivity contribution in [3.05, 3.63) is 59.5 Å². The number of furan rings is 1. The van der Waals surface area contributed by atoms with Crippen LogP contribution in [0.5, 0.6) is 0 Å². The van der Waals surface area contributed by atoms with Gasteiger partial charge in [0.15, 0.2) is 0 Å². The maximum atomic E-state index is 11.9. The Bertz CT molecular complexity index is 588. The van der Waals surface area contributed by atoms with Gasteiger partial charge in [-0.1, -0.05) is 6.92 Å². The van der Waals surface area contributed by atoms with Crippen molar-refractivity contribution in [1.82, 2.24) is 10.6 Å². The van der Waals surface area contributed by atoms with E-state index in [1.807, 2.05) is 6.92 Å². The number of nitrogens with one attached hydrogen (secondary N) is 2. The van der Waals surface area contributed by atoms with Gasteiger partial charge in [-0.3, -0.25) is 9.59 Å². The lowest BCUT2D eigenvalue weighted by Crippen LogP contribution is -2.25. The van der Waals surface area contributed by atoms with Crippen molar-refractivity contribution in [2.24, 2.45) is 0 Å². The van der Waals surface area contributed by atoms with Gasteiger partial charge in [-0.2, -0.15) is 0 Å². The summed E-state index contributed by atoms with van der Waals surface area (Å²) in [4.78, 5) is 23.7. The lowest BCUT2D eigenvalue weighted by molar-refractivity contribution is 0.0939. The molecule has 0 fully saturated rings. The van der Waals surface area contributed by atoms with Crippen LogP contribution in [0.2, 0.25) is 0 Å². The molecule has 1 heterocycles. The summed E-state index contributed by atoms with van der Waals surface area (Å²) in [5.41, 5.74) is 1.06. The highest BCUT2D eigenvalue weighted by Gasteiger charge is 2.08. The number of carbonyl (C=O) groups is 2. The van der Waals surface area contributed by atoms with Crippen LogP contribution in [-0.4, -0.2) is 18.4 Å². The van der Waals surface area contributed by atoms with Crippen molar-refractivity contribution in [1.29, 1.82) is 0 Å². The molecule has 1 aromatic heterocycles. The smallest absolute Gasteiger partial charge is 0.251 e. The molecule has 2 amide bonds. The molecule has 0 radical (unpaired) electrons. The number of hydrogen-bond donors (Lipinski definition) is 2. The molecule has 5 nitrogen and oxygen atoms in total. The second-order valence-electron chi connectivity index (χ2n) is 4.60. The molecule has 21 heavy (non-hydrogen) atoms. The molecule has 110 valence electrons. The quantitative estimate of drug-likeness (QED) is 0.856. The highest BCUT2D eigenvalue weighted by atomic mass is 16.3. The van der Waals surface area contributed by atoms with E-state index in [1.165, 1.54) is 0 Å². The normalized spacial score (nSPS) is 10.1. The molecule has 0 saturated carbocycles. The summed E-state index contributed by atoms with van der Waals surface area (Å²) in [7, 11) is 0. The summed E-state index contributed by atoms with van der Waals surface area (Å²) in [5.74, 6) is 0.366. The summed E-state index contributed by atoms with van der Waals surface area (Å²) in [6.07, 6.45) is 2.45. The zero-order valence-electron chi connectivity index (χ0n) is 11.9. The second-order valence-corrected chi connectivity index (χ2v) is 4.60. The lowest BCUT2D eigenvalue weighted by Gasteiger charge is -2.06. The van der Waals surface area contributed by atoms with Crippen molar-refractivity contribution in [3.8, 4) is 0 Å². The molecule has 2 aromatic rings. The molecule has 0 aliphatic carbocycles. The Morgan fingerprint density at radius 1 is 1.00 bits per heavy atom. The van der Waals surface area contributed by atoms with E-state index in [2.05, 4.69) is 10.6 Å². The first-order valence-electron chi connectivity index (χ1n) is 6.89. The molecule has 0 saturated heterocycles. The maximum absolute atomic E-state index is 11.9. The van der Waals surface area contributed by atoms with Gasteiger partial charge in [0.05, 0.1) is 12.8 Å². The minimum atomic E-state index is -0.202. The first-order valence-corrected chi connectivity index (χ1v) is 6.89. The molecule has 0 spiro atoms. The van der Waals surface area contributed by atoms with Crippen LogP contribution in [0.3, 0.4) is 0 Å². The Balaban J connectivity index is 1.91. The van der Waals surface area contributed by atoms with Gasteiger partial charge in [-0.15, -0.1) is 0 Å². The first kappa shape index (κ1) is 14.8. The number of carbonyl (C=O) groups excluding carboxylic acids is 2. The van der Waals surface area contributed by atoms with E-state index >= 15 is 0 Å². The van der Waals surface area contributed by atoms with Crippen LogP contribution in [0.25, 0.3) is 0 Å². The fraction of sp³-hybridized carbons (Fsp3) is 0.250. The van der Waals surface area contributed by atoms with Crippen molar-refractivity contribution in [2.75, 3.05) is 6.54 Å². The molecular weight excluding hydrogens is 268 g/mol. The van der Waals surface area contributed by atoms with Gasteiger partial charge in [-0.25, -0.2) is 0 Å². The number of hydrogen-bond acceptors (Lipinski definition) is 3. The summed E-state index contributed by atoms with van der Waals surface area (Å²) in [6.45, 7) is 2.97. The molecular formula is C16H18N2O3. The molecule has 2 N–H and O–H groups in total. The summed E-state index contributed by atoms with van der Waals surface area (Å²) >= 11 is 0. The van der Waals surface area contributed by atoms with Crippen LogP contribution in [0.4, 0.5) is 0 Å². The van der Waals surface area contributed by atoms with E-state index in [9.17, 15) is 9.59 Å². The van der Waals surface area contributed by atoms with E-state index < -0.39 is 0 Å². The van der Waals surface area contributed by atoms with E-state index in [1.54, 1.807) is 42.7 Å². The van der Waals surface area contributed by atoms with Crippen molar-refractivity contribution in [3.63, 3.8) is 0 Å². The Hall–Kier alpha value is -2.56. The largest absolute Gasteiger partial charge is 0.467 e. The van der Waals surface area contributed by atoms with Crippen LogP contribution in [0.1, 0.15) is 39.8 Å². The maximum Gasteiger partial charge on any atom is 0.251 e. The van der Waals surface area contributed by atoms with Crippen molar-refractivity contribution >= 4 is 11.8 Å². The zero-order valence-corrected chi connectivity index (χ0v) is 11.9. The van der Waals surface area contributed by atoms with E-state index in [-0.39, 0.29) is 11.8 Å². The minimum absolute atomic E-state index is 0.126. The van der Waals surface area contributed by atoms with Gasteiger partial charge >= 0.3 is 0 Å². The molecule has 0 atom stereocenters. The standard InChI is InChI=1S/C16H18N2O3/c1-2-9-17-15(19)12-5-7-13(8-6-12)16(20)18-11-14-4-3-10-21-14/h3-8,10H,2,9,11H2,1H3,(H,17,19)(H,18,20). The van der Waals surface area contributed by atoms with Crippen molar-refractivity contribution in [2.45, 2.75) is 19.9 Å². The zero-order chi connectivity index (χ0) is 15.1. The van der Waals surface area contributed by atoms with Gasteiger partial charge < -0.3 is 15.1 Å². The summed E-state index contributed by atoms with van der Waals surface area (Å²) in [5, 5.41) is 5.54. The van der Waals surface area contributed by atoms with Crippen LogP contribution in [0, 0.1) is 0 Å². The van der Waals surface area contributed by atoms with Gasteiger partial charge in [0.1, 0.15) is 5.76 Å². The number of rotatable bonds is 6. The second kappa shape index (κ2) is 7.28. The number of amides is 2. The molecule has 0 unspecified atom stereocenters. The molecule has 0 aliphatic heterocycles. The van der Waals surface area contributed by atoms with E-state index in [0.717, 1.165) is 6.42 Å². The SMILES string of the molecule is CCCNC(=O)c1ccc(C(=O)NCc2ccco2)cc1.